The average molecular weight is 234 g/mol. The Morgan fingerprint density at radius 3 is 2.76 bits per heavy atom. The molecule has 2 unspecified atom stereocenters. The summed E-state index contributed by atoms with van der Waals surface area (Å²) >= 11 is 0. The van der Waals surface area contributed by atoms with Crippen LogP contribution in [0.25, 0.3) is 0 Å². The highest BCUT2D eigenvalue weighted by Crippen LogP contribution is 2.27. The number of nitrogens with one attached hydrogen (secondary N) is 1. The number of ether oxygens (including phenoxy) is 1. The second kappa shape index (κ2) is 5.41. The molecule has 1 aliphatic heterocycles. The van der Waals surface area contributed by atoms with Crippen LogP contribution in [0.5, 0.6) is 0 Å². The number of benzene rings is 1. The number of para-hydroxylation sites is 2. The zero-order valence-corrected chi connectivity index (χ0v) is 10.9. The lowest BCUT2D eigenvalue weighted by atomic mass is 9.97. The predicted octanol–water partition coefficient (Wildman–Crippen LogP) is 2.59. The van der Waals surface area contributed by atoms with Crippen LogP contribution in [0.4, 0.5) is 11.4 Å². The normalized spacial score (nSPS) is 24.4. The Morgan fingerprint density at radius 2 is 2.06 bits per heavy atom. The molecule has 1 aromatic carbocycles. The minimum absolute atomic E-state index is 0.518. The van der Waals surface area contributed by atoms with Crippen LogP contribution in [-0.2, 0) is 4.74 Å². The van der Waals surface area contributed by atoms with Gasteiger partial charge in [0.25, 0.3) is 0 Å². The monoisotopic (exact) mass is 234 g/mol. The number of rotatable bonds is 3. The number of anilines is 2. The van der Waals surface area contributed by atoms with E-state index in [0.717, 1.165) is 19.6 Å². The summed E-state index contributed by atoms with van der Waals surface area (Å²) in [6.07, 6.45) is 1.09. The molecule has 2 atom stereocenters. The van der Waals surface area contributed by atoms with Gasteiger partial charge in [0, 0.05) is 26.7 Å². The fourth-order valence-electron chi connectivity index (χ4n) is 2.28. The maximum Gasteiger partial charge on any atom is 0.0596 e. The van der Waals surface area contributed by atoms with E-state index >= 15 is 0 Å². The maximum atomic E-state index is 5.48. The Bertz CT molecular complexity index is 365. The molecule has 3 heteroatoms. The highest BCUT2D eigenvalue weighted by Gasteiger charge is 2.22. The van der Waals surface area contributed by atoms with E-state index in [2.05, 4.69) is 55.5 Å². The van der Waals surface area contributed by atoms with Crippen molar-refractivity contribution in [3.8, 4) is 0 Å². The van der Waals surface area contributed by atoms with Crippen LogP contribution < -0.4 is 10.2 Å². The van der Waals surface area contributed by atoms with Gasteiger partial charge in [0.2, 0.25) is 0 Å². The third-order valence-corrected chi connectivity index (χ3v) is 3.37. The second-order valence-electron chi connectivity index (χ2n) is 5.00. The largest absolute Gasteiger partial charge is 0.381 e. The predicted molar refractivity (Wildman–Crippen MR) is 72.8 cm³/mol. The number of hydrogen-bond acceptors (Lipinski definition) is 3. The third kappa shape index (κ3) is 2.91. The molecule has 2 rings (SSSR count). The summed E-state index contributed by atoms with van der Waals surface area (Å²) in [5.74, 6) is 0.568. The van der Waals surface area contributed by atoms with Crippen molar-refractivity contribution in [2.24, 2.45) is 5.92 Å². The van der Waals surface area contributed by atoms with E-state index in [1.54, 1.807) is 0 Å². The molecule has 1 fully saturated rings. The molecule has 0 radical (unpaired) electrons. The topological polar surface area (TPSA) is 24.5 Å². The molecule has 0 spiro atoms. The molecule has 17 heavy (non-hydrogen) atoms. The van der Waals surface area contributed by atoms with Crippen molar-refractivity contribution in [1.29, 1.82) is 0 Å². The lowest BCUT2D eigenvalue weighted by Crippen LogP contribution is -2.36. The van der Waals surface area contributed by atoms with Crippen molar-refractivity contribution in [2.45, 2.75) is 19.4 Å². The average Bonchev–Trinajstić information content (AvgIpc) is 2.32. The first-order chi connectivity index (χ1) is 8.18. The molecule has 3 nitrogen and oxygen atoms in total. The van der Waals surface area contributed by atoms with Crippen molar-refractivity contribution in [1.82, 2.24) is 0 Å². The fourth-order valence-corrected chi connectivity index (χ4v) is 2.28. The van der Waals surface area contributed by atoms with Gasteiger partial charge < -0.3 is 15.0 Å². The highest BCUT2D eigenvalue weighted by atomic mass is 16.5. The van der Waals surface area contributed by atoms with Gasteiger partial charge in [-0.25, -0.2) is 0 Å². The Kier molecular flexibility index (Phi) is 3.89. The quantitative estimate of drug-likeness (QED) is 0.870. The van der Waals surface area contributed by atoms with Gasteiger partial charge in [0.15, 0.2) is 0 Å². The van der Waals surface area contributed by atoms with Crippen LogP contribution in [0.1, 0.15) is 13.3 Å². The minimum Gasteiger partial charge on any atom is -0.381 e. The molecular formula is C14H22N2O. The van der Waals surface area contributed by atoms with E-state index < -0.39 is 0 Å². The molecular weight excluding hydrogens is 212 g/mol. The second-order valence-corrected chi connectivity index (χ2v) is 5.00. The standard InChI is InChI=1S/C14H22N2O/c1-11-10-17-9-8-12(11)15-13-6-4-5-7-14(13)16(2)3/h4-7,11-12,15H,8-10H2,1-3H3. The lowest BCUT2D eigenvalue weighted by Gasteiger charge is -2.31. The fraction of sp³-hybridized carbons (Fsp3) is 0.571. The molecule has 0 saturated carbocycles. The van der Waals surface area contributed by atoms with Crippen LogP contribution in [0.3, 0.4) is 0 Å². The SMILES string of the molecule is CC1COCCC1Nc1ccccc1N(C)C. The van der Waals surface area contributed by atoms with Crippen LogP contribution in [0.2, 0.25) is 0 Å². The summed E-state index contributed by atoms with van der Waals surface area (Å²) in [6.45, 7) is 3.98. The van der Waals surface area contributed by atoms with Crippen molar-refractivity contribution >= 4 is 11.4 Å². The van der Waals surface area contributed by atoms with Crippen LogP contribution in [-0.4, -0.2) is 33.4 Å². The van der Waals surface area contributed by atoms with Crippen LogP contribution >= 0.6 is 0 Å². The molecule has 0 aliphatic carbocycles. The summed E-state index contributed by atoms with van der Waals surface area (Å²) in [7, 11) is 4.15. The molecule has 0 aromatic heterocycles. The first-order valence-electron chi connectivity index (χ1n) is 6.29. The molecule has 1 aliphatic rings. The van der Waals surface area contributed by atoms with E-state index in [0.29, 0.717) is 12.0 Å². The third-order valence-electron chi connectivity index (χ3n) is 3.37. The first-order valence-corrected chi connectivity index (χ1v) is 6.29. The van der Waals surface area contributed by atoms with Crippen molar-refractivity contribution in [3.63, 3.8) is 0 Å². The number of nitrogens with zero attached hydrogens (tertiary/aromatic N) is 1. The Morgan fingerprint density at radius 1 is 1.29 bits per heavy atom. The summed E-state index contributed by atoms with van der Waals surface area (Å²) < 4.78 is 5.48. The van der Waals surface area contributed by atoms with E-state index in [9.17, 15) is 0 Å². The Balaban J connectivity index is 2.12. The van der Waals surface area contributed by atoms with Gasteiger partial charge in [-0.15, -0.1) is 0 Å². The highest BCUT2D eigenvalue weighted by molar-refractivity contribution is 5.69. The van der Waals surface area contributed by atoms with Gasteiger partial charge in [-0.1, -0.05) is 19.1 Å². The van der Waals surface area contributed by atoms with E-state index in [1.807, 2.05) is 0 Å². The van der Waals surface area contributed by atoms with Crippen LogP contribution in [0, 0.1) is 5.92 Å². The Labute approximate surface area is 104 Å². The zero-order chi connectivity index (χ0) is 12.3. The molecule has 1 saturated heterocycles. The number of hydrogen-bond donors (Lipinski definition) is 1. The van der Waals surface area contributed by atoms with Gasteiger partial charge in [-0.2, -0.15) is 0 Å². The van der Waals surface area contributed by atoms with Gasteiger partial charge in [0.1, 0.15) is 0 Å². The summed E-state index contributed by atoms with van der Waals surface area (Å²) in [5, 5.41) is 3.66. The van der Waals surface area contributed by atoms with Gasteiger partial charge >= 0.3 is 0 Å². The molecule has 1 aromatic rings. The lowest BCUT2D eigenvalue weighted by molar-refractivity contribution is 0.0538. The molecule has 0 bridgehead atoms. The van der Waals surface area contributed by atoms with Gasteiger partial charge in [-0.3, -0.25) is 0 Å². The smallest absolute Gasteiger partial charge is 0.0596 e. The summed E-state index contributed by atoms with van der Waals surface area (Å²) in [4.78, 5) is 2.15. The molecule has 1 heterocycles. The molecule has 94 valence electrons. The molecule has 0 amide bonds. The van der Waals surface area contributed by atoms with Crippen molar-refractivity contribution in [2.75, 3.05) is 37.5 Å². The van der Waals surface area contributed by atoms with E-state index in [1.165, 1.54) is 11.4 Å². The van der Waals surface area contributed by atoms with Gasteiger partial charge in [-0.05, 0) is 24.5 Å². The summed E-state index contributed by atoms with van der Waals surface area (Å²) in [6, 6.07) is 8.97. The van der Waals surface area contributed by atoms with E-state index in [-0.39, 0.29) is 0 Å². The van der Waals surface area contributed by atoms with Crippen molar-refractivity contribution in [3.05, 3.63) is 24.3 Å². The molecule has 1 N–H and O–H groups in total. The summed E-state index contributed by atoms with van der Waals surface area (Å²) in [5.41, 5.74) is 2.46. The Hall–Kier alpha value is -1.22. The van der Waals surface area contributed by atoms with Crippen LogP contribution in [0.15, 0.2) is 24.3 Å². The minimum atomic E-state index is 0.518. The maximum absolute atomic E-state index is 5.48. The zero-order valence-electron chi connectivity index (χ0n) is 10.9. The van der Waals surface area contributed by atoms with Crippen molar-refractivity contribution < 1.29 is 4.74 Å². The van der Waals surface area contributed by atoms with Gasteiger partial charge in [0.05, 0.1) is 18.0 Å². The first kappa shape index (κ1) is 12.2. The van der Waals surface area contributed by atoms with E-state index in [4.69, 9.17) is 4.74 Å².